The molecule has 0 aromatic rings. The van der Waals surface area contributed by atoms with Crippen LogP contribution in [0, 0.1) is 0 Å². The molecule has 1 heteroatoms. The van der Waals surface area contributed by atoms with E-state index in [1.807, 2.05) is 0 Å². The van der Waals surface area contributed by atoms with Gasteiger partial charge < -0.3 is 4.74 Å². The maximum atomic E-state index is 6.08. The van der Waals surface area contributed by atoms with Crippen LogP contribution in [0.5, 0.6) is 0 Å². The fourth-order valence-electron chi connectivity index (χ4n) is 2.28. The summed E-state index contributed by atoms with van der Waals surface area (Å²) in [4.78, 5) is 0. The van der Waals surface area contributed by atoms with Crippen LogP contribution in [-0.4, -0.2) is 11.2 Å². The van der Waals surface area contributed by atoms with Gasteiger partial charge in [-0.05, 0) is 44.9 Å². The average molecular weight is 138 g/mol. The van der Waals surface area contributed by atoms with Gasteiger partial charge in [-0.15, -0.1) is 0 Å². The van der Waals surface area contributed by atoms with Crippen LogP contribution < -0.4 is 0 Å². The quantitative estimate of drug-likeness (QED) is 0.499. The zero-order valence-corrected chi connectivity index (χ0v) is 6.36. The van der Waals surface area contributed by atoms with Crippen molar-refractivity contribution in [1.82, 2.24) is 0 Å². The molecule has 0 atom stereocenters. The molecule has 0 unspecified atom stereocenters. The Morgan fingerprint density at radius 3 is 1.60 bits per heavy atom. The molecule has 0 amide bonds. The SMILES string of the molecule is C1CC2(CC2)OC2(C1)CC2. The first-order valence-corrected chi connectivity index (χ1v) is 4.53. The summed E-state index contributed by atoms with van der Waals surface area (Å²) >= 11 is 0. The third-order valence-corrected chi connectivity index (χ3v) is 3.31. The normalized spacial score (nSPS) is 38.4. The molecule has 2 saturated carbocycles. The van der Waals surface area contributed by atoms with E-state index >= 15 is 0 Å². The van der Waals surface area contributed by atoms with Gasteiger partial charge in [-0.2, -0.15) is 0 Å². The molecule has 0 bridgehead atoms. The van der Waals surface area contributed by atoms with E-state index in [9.17, 15) is 0 Å². The first-order valence-electron chi connectivity index (χ1n) is 4.53. The van der Waals surface area contributed by atoms with Crippen molar-refractivity contribution in [3.63, 3.8) is 0 Å². The Bertz CT molecular complexity index is 148. The molecular weight excluding hydrogens is 124 g/mol. The lowest BCUT2D eigenvalue weighted by Crippen LogP contribution is -2.30. The Morgan fingerprint density at radius 2 is 1.20 bits per heavy atom. The minimum absolute atomic E-state index is 0.425. The summed E-state index contributed by atoms with van der Waals surface area (Å²) in [6.45, 7) is 0. The topological polar surface area (TPSA) is 9.23 Å². The molecule has 0 aromatic carbocycles. The Hall–Kier alpha value is -0.0400. The van der Waals surface area contributed by atoms with E-state index in [2.05, 4.69) is 0 Å². The van der Waals surface area contributed by atoms with Gasteiger partial charge in [-0.3, -0.25) is 0 Å². The van der Waals surface area contributed by atoms with Gasteiger partial charge in [-0.25, -0.2) is 0 Å². The second-order valence-electron chi connectivity index (χ2n) is 4.32. The molecule has 3 rings (SSSR count). The van der Waals surface area contributed by atoms with Gasteiger partial charge in [0.2, 0.25) is 0 Å². The largest absolute Gasteiger partial charge is 0.369 e. The summed E-state index contributed by atoms with van der Waals surface area (Å²) in [7, 11) is 0. The maximum absolute atomic E-state index is 6.08. The first-order chi connectivity index (χ1) is 4.83. The van der Waals surface area contributed by atoms with Gasteiger partial charge in [0.05, 0.1) is 11.2 Å². The number of hydrogen-bond donors (Lipinski definition) is 0. The van der Waals surface area contributed by atoms with Gasteiger partial charge in [0.25, 0.3) is 0 Å². The fraction of sp³-hybridized carbons (Fsp3) is 1.00. The Balaban J connectivity index is 1.80. The molecule has 3 aliphatic rings. The van der Waals surface area contributed by atoms with Crippen LogP contribution in [0.1, 0.15) is 44.9 Å². The monoisotopic (exact) mass is 138 g/mol. The van der Waals surface area contributed by atoms with Crippen molar-refractivity contribution in [2.45, 2.75) is 56.1 Å². The molecule has 1 aliphatic heterocycles. The summed E-state index contributed by atoms with van der Waals surface area (Å²) in [6.07, 6.45) is 9.57. The van der Waals surface area contributed by atoms with Gasteiger partial charge >= 0.3 is 0 Å². The van der Waals surface area contributed by atoms with Gasteiger partial charge in [0.1, 0.15) is 0 Å². The van der Waals surface area contributed by atoms with Crippen LogP contribution in [0.2, 0.25) is 0 Å². The second kappa shape index (κ2) is 1.42. The summed E-state index contributed by atoms with van der Waals surface area (Å²) in [5.74, 6) is 0. The Morgan fingerprint density at radius 1 is 0.700 bits per heavy atom. The standard InChI is InChI=1S/C9H14O/c1-2-8(4-5-8)10-9(3-1)6-7-9/h1-7H2. The highest BCUT2D eigenvalue weighted by Gasteiger charge is 2.57. The van der Waals surface area contributed by atoms with Crippen molar-refractivity contribution in [1.29, 1.82) is 0 Å². The van der Waals surface area contributed by atoms with Crippen LogP contribution in [0.4, 0.5) is 0 Å². The number of rotatable bonds is 0. The summed E-state index contributed by atoms with van der Waals surface area (Å²) in [5, 5.41) is 0. The molecular formula is C9H14O. The highest BCUT2D eigenvalue weighted by molar-refractivity contribution is 5.08. The molecule has 3 fully saturated rings. The van der Waals surface area contributed by atoms with Crippen LogP contribution in [0.15, 0.2) is 0 Å². The average Bonchev–Trinajstić information content (AvgIpc) is 2.78. The smallest absolute Gasteiger partial charge is 0.0692 e. The zero-order valence-electron chi connectivity index (χ0n) is 6.36. The van der Waals surface area contributed by atoms with Gasteiger partial charge in [0.15, 0.2) is 0 Å². The predicted octanol–water partition coefficient (Wildman–Crippen LogP) is 2.25. The van der Waals surface area contributed by atoms with Crippen LogP contribution in [0.25, 0.3) is 0 Å². The van der Waals surface area contributed by atoms with E-state index in [1.54, 1.807) is 0 Å². The molecule has 2 aliphatic carbocycles. The van der Waals surface area contributed by atoms with Crippen molar-refractivity contribution in [3.05, 3.63) is 0 Å². The minimum Gasteiger partial charge on any atom is -0.369 e. The molecule has 1 saturated heterocycles. The fourth-order valence-corrected chi connectivity index (χ4v) is 2.28. The lowest BCUT2D eigenvalue weighted by Gasteiger charge is -2.30. The highest BCUT2D eigenvalue weighted by Crippen LogP contribution is 2.58. The van der Waals surface area contributed by atoms with Crippen molar-refractivity contribution in [2.24, 2.45) is 0 Å². The maximum Gasteiger partial charge on any atom is 0.0692 e. The Labute approximate surface area is 61.8 Å². The predicted molar refractivity (Wildman–Crippen MR) is 38.9 cm³/mol. The van der Waals surface area contributed by atoms with E-state index in [1.165, 1.54) is 44.9 Å². The van der Waals surface area contributed by atoms with Gasteiger partial charge in [-0.1, -0.05) is 0 Å². The van der Waals surface area contributed by atoms with E-state index in [0.29, 0.717) is 11.2 Å². The third-order valence-electron chi connectivity index (χ3n) is 3.31. The molecule has 0 radical (unpaired) electrons. The summed E-state index contributed by atoms with van der Waals surface area (Å²) < 4.78 is 6.08. The van der Waals surface area contributed by atoms with Crippen molar-refractivity contribution >= 4 is 0 Å². The van der Waals surface area contributed by atoms with Crippen molar-refractivity contribution in [3.8, 4) is 0 Å². The molecule has 0 N–H and O–H groups in total. The van der Waals surface area contributed by atoms with E-state index in [4.69, 9.17) is 4.74 Å². The second-order valence-corrected chi connectivity index (χ2v) is 4.32. The van der Waals surface area contributed by atoms with Crippen LogP contribution in [-0.2, 0) is 4.74 Å². The molecule has 56 valence electrons. The molecule has 1 heterocycles. The van der Waals surface area contributed by atoms with Gasteiger partial charge in [0, 0.05) is 0 Å². The van der Waals surface area contributed by atoms with E-state index < -0.39 is 0 Å². The van der Waals surface area contributed by atoms with E-state index in [0.717, 1.165) is 0 Å². The lowest BCUT2D eigenvalue weighted by atomic mass is 10.0. The van der Waals surface area contributed by atoms with E-state index in [-0.39, 0.29) is 0 Å². The molecule has 10 heavy (non-hydrogen) atoms. The first kappa shape index (κ1) is 5.59. The van der Waals surface area contributed by atoms with Crippen LogP contribution >= 0.6 is 0 Å². The molecule has 1 nitrogen and oxygen atoms in total. The number of hydrogen-bond acceptors (Lipinski definition) is 1. The van der Waals surface area contributed by atoms with Crippen molar-refractivity contribution in [2.75, 3.05) is 0 Å². The zero-order chi connectivity index (χ0) is 6.66. The highest BCUT2D eigenvalue weighted by atomic mass is 16.5. The number of ether oxygens (including phenoxy) is 1. The minimum atomic E-state index is 0.425. The lowest BCUT2D eigenvalue weighted by molar-refractivity contribution is -0.0842. The molecule has 2 spiro atoms. The third kappa shape index (κ3) is 0.672. The summed E-state index contributed by atoms with van der Waals surface area (Å²) in [5.41, 5.74) is 0.851. The molecule has 0 aromatic heterocycles. The van der Waals surface area contributed by atoms with Crippen molar-refractivity contribution < 1.29 is 4.74 Å². The Kier molecular flexibility index (Phi) is 0.797. The summed E-state index contributed by atoms with van der Waals surface area (Å²) in [6, 6.07) is 0. The van der Waals surface area contributed by atoms with Crippen LogP contribution in [0.3, 0.4) is 0 Å².